The van der Waals surface area contributed by atoms with Gasteiger partial charge in [-0.25, -0.2) is 0 Å². The van der Waals surface area contributed by atoms with E-state index in [1.165, 1.54) is 24.1 Å². The summed E-state index contributed by atoms with van der Waals surface area (Å²) in [7, 11) is 0. The molecule has 2 nitrogen and oxygen atoms in total. The Morgan fingerprint density at radius 3 is 2.71 bits per heavy atom. The summed E-state index contributed by atoms with van der Waals surface area (Å²) in [6.45, 7) is 7.72. The molecule has 0 spiro atoms. The van der Waals surface area contributed by atoms with Crippen molar-refractivity contribution in [2.45, 2.75) is 46.1 Å². The lowest BCUT2D eigenvalue weighted by Gasteiger charge is -2.24. The Hall–Kier alpha value is -0.890. The van der Waals surface area contributed by atoms with Crippen LogP contribution in [-0.4, -0.2) is 17.6 Å². The molecular formula is C15H24N2. The molecule has 0 aliphatic heterocycles. The molecule has 1 aliphatic rings. The molecule has 1 aliphatic carbocycles. The average molecular weight is 232 g/mol. The van der Waals surface area contributed by atoms with Gasteiger partial charge in [0.05, 0.1) is 0 Å². The number of aromatic nitrogens is 1. The second-order valence-electron chi connectivity index (χ2n) is 5.39. The summed E-state index contributed by atoms with van der Waals surface area (Å²) in [5.41, 5.74) is 2.46. The maximum Gasteiger partial charge on any atom is 0.0419 e. The Bertz CT molecular complexity index is 340. The van der Waals surface area contributed by atoms with Gasteiger partial charge in [-0.2, -0.15) is 0 Å². The zero-order valence-electron chi connectivity index (χ0n) is 11.2. The molecule has 1 aromatic rings. The SMILES string of the molecule is CCNC(Cc1ccc(C)cn1)C(C)C1CC1. The highest BCUT2D eigenvalue weighted by Gasteiger charge is 2.32. The molecule has 2 rings (SSSR count). The Labute approximate surface area is 105 Å². The third kappa shape index (κ3) is 3.53. The highest BCUT2D eigenvalue weighted by atomic mass is 14.9. The van der Waals surface area contributed by atoms with Gasteiger partial charge < -0.3 is 5.32 Å². The zero-order chi connectivity index (χ0) is 12.3. The minimum Gasteiger partial charge on any atom is -0.314 e. The molecule has 17 heavy (non-hydrogen) atoms. The molecule has 2 unspecified atom stereocenters. The molecule has 1 fully saturated rings. The van der Waals surface area contributed by atoms with Gasteiger partial charge in [0.1, 0.15) is 0 Å². The molecule has 94 valence electrons. The van der Waals surface area contributed by atoms with E-state index in [1.807, 2.05) is 6.20 Å². The van der Waals surface area contributed by atoms with Crippen LogP contribution in [0.25, 0.3) is 0 Å². The number of hydrogen-bond acceptors (Lipinski definition) is 2. The number of nitrogens with zero attached hydrogens (tertiary/aromatic N) is 1. The van der Waals surface area contributed by atoms with Gasteiger partial charge in [0.2, 0.25) is 0 Å². The first kappa shape index (κ1) is 12.6. The van der Waals surface area contributed by atoms with Crippen molar-refractivity contribution in [3.8, 4) is 0 Å². The topological polar surface area (TPSA) is 24.9 Å². The molecule has 1 N–H and O–H groups in total. The summed E-state index contributed by atoms with van der Waals surface area (Å²) in [6, 6.07) is 4.91. The first-order valence-corrected chi connectivity index (χ1v) is 6.85. The van der Waals surface area contributed by atoms with Crippen molar-refractivity contribution in [1.29, 1.82) is 0 Å². The van der Waals surface area contributed by atoms with E-state index in [4.69, 9.17) is 0 Å². The van der Waals surface area contributed by atoms with E-state index in [0.29, 0.717) is 6.04 Å². The number of rotatable bonds is 6. The summed E-state index contributed by atoms with van der Waals surface area (Å²) in [5, 5.41) is 3.63. The highest BCUT2D eigenvalue weighted by Crippen LogP contribution is 2.38. The summed E-state index contributed by atoms with van der Waals surface area (Å²) in [5.74, 6) is 1.72. The van der Waals surface area contributed by atoms with Crippen LogP contribution in [-0.2, 0) is 6.42 Å². The zero-order valence-corrected chi connectivity index (χ0v) is 11.2. The number of pyridine rings is 1. The van der Waals surface area contributed by atoms with Gasteiger partial charge in [0, 0.05) is 24.4 Å². The van der Waals surface area contributed by atoms with Crippen molar-refractivity contribution < 1.29 is 0 Å². The molecule has 0 amide bonds. The van der Waals surface area contributed by atoms with Crippen LogP contribution in [0.5, 0.6) is 0 Å². The molecule has 0 radical (unpaired) electrons. The van der Waals surface area contributed by atoms with Gasteiger partial charge >= 0.3 is 0 Å². The van der Waals surface area contributed by atoms with E-state index in [2.05, 4.69) is 43.2 Å². The molecule has 0 bridgehead atoms. The van der Waals surface area contributed by atoms with Crippen LogP contribution < -0.4 is 5.32 Å². The van der Waals surface area contributed by atoms with E-state index in [1.54, 1.807) is 0 Å². The Kier molecular flexibility index (Phi) is 4.16. The van der Waals surface area contributed by atoms with Crippen molar-refractivity contribution in [3.05, 3.63) is 29.6 Å². The fourth-order valence-electron chi connectivity index (χ4n) is 2.50. The van der Waals surface area contributed by atoms with Crippen molar-refractivity contribution >= 4 is 0 Å². The van der Waals surface area contributed by atoms with Crippen LogP contribution in [0, 0.1) is 18.8 Å². The molecule has 1 heterocycles. The van der Waals surface area contributed by atoms with Crippen LogP contribution in [0.2, 0.25) is 0 Å². The maximum absolute atomic E-state index is 4.52. The number of nitrogens with one attached hydrogen (secondary N) is 1. The van der Waals surface area contributed by atoms with Crippen LogP contribution in [0.15, 0.2) is 18.3 Å². The Morgan fingerprint density at radius 2 is 2.18 bits per heavy atom. The molecular weight excluding hydrogens is 208 g/mol. The molecule has 0 saturated heterocycles. The van der Waals surface area contributed by atoms with Crippen LogP contribution in [0.3, 0.4) is 0 Å². The third-order valence-electron chi connectivity index (χ3n) is 3.87. The van der Waals surface area contributed by atoms with Gasteiger partial charge in [0.25, 0.3) is 0 Å². The molecule has 1 aromatic heterocycles. The van der Waals surface area contributed by atoms with E-state index < -0.39 is 0 Å². The van der Waals surface area contributed by atoms with Crippen molar-refractivity contribution in [2.24, 2.45) is 11.8 Å². The van der Waals surface area contributed by atoms with Gasteiger partial charge in [-0.15, -0.1) is 0 Å². The fourth-order valence-corrected chi connectivity index (χ4v) is 2.50. The maximum atomic E-state index is 4.52. The third-order valence-corrected chi connectivity index (χ3v) is 3.87. The van der Waals surface area contributed by atoms with Crippen molar-refractivity contribution in [3.63, 3.8) is 0 Å². The highest BCUT2D eigenvalue weighted by molar-refractivity contribution is 5.13. The van der Waals surface area contributed by atoms with Crippen LogP contribution >= 0.6 is 0 Å². The first-order chi connectivity index (χ1) is 8.20. The average Bonchev–Trinajstić information content (AvgIpc) is 3.14. The molecule has 0 aromatic carbocycles. The van der Waals surface area contributed by atoms with Crippen molar-refractivity contribution in [1.82, 2.24) is 10.3 Å². The lowest BCUT2D eigenvalue weighted by Crippen LogP contribution is -2.38. The number of likely N-dealkylation sites (N-methyl/N-ethyl adjacent to an activating group) is 1. The number of hydrogen-bond donors (Lipinski definition) is 1. The second-order valence-corrected chi connectivity index (χ2v) is 5.39. The second kappa shape index (κ2) is 5.63. The number of aryl methyl sites for hydroxylation is 1. The minimum absolute atomic E-state index is 0.586. The monoisotopic (exact) mass is 232 g/mol. The molecule has 1 saturated carbocycles. The van der Waals surface area contributed by atoms with E-state index >= 15 is 0 Å². The van der Waals surface area contributed by atoms with Gasteiger partial charge in [-0.05, 0) is 49.8 Å². The largest absolute Gasteiger partial charge is 0.314 e. The van der Waals surface area contributed by atoms with Gasteiger partial charge in [0.15, 0.2) is 0 Å². The summed E-state index contributed by atoms with van der Waals surface area (Å²) < 4.78 is 0. The fraction of sp³-hybridized carbons (Fsp3) is 0.667. The van der Waals surface area contributed by atoms with Crippen LogP contribution in [0.4, 0.5) is 0 Å². The van der Waals surface area contributed by atoms with Gasteiger partial charge in [-0.3, -0.25) is 4.98 Å². The minimum atomic E-state index is 0.586. The summed E-state index contributed by atoms with van der Waals surface area (Å²) in [4.78, 5) is 4.52. The predicted molar refractivity (Wildman–Crippen MR) is 72.0 cm³/mol. The lowest BCUT2D eigenvalue weighted by atomic mass is 9.92. The quantitative estimate of drug-likeness (QED) is 0.815. The van der Waals surface area contributed by atoms with Gasteiger partial charge in [-0.1, -0.05) is 19.9 Å². The smallest absolute Gasteiger partial charge is 0.0419 e. The predicted octanol–water partition coefficient (Wildman–Crippen LogP) is 2.96. The van der Waals surface area contributed by atoms with Crippen LogP contribution in [0.1, 0.15) is 37.9 Å². The normalized spacial score (nSPS) is 19.0. The molecule has 2 heteroatoms. The van der Waals surface area contributed by atoms with E-state index in [-0.39, 0.29) is 0 Å². The Morgan fingerprint density at radius 1 is 1.41 bits per heavy atom. The lowest BCUT2D eigenvalue weighted by molar-refractivity contribution is 0.342. The van der Waals surface area contributed by atoms with Crippen molar-refractivity contribution in [2.75, 3.05) is 6.54 Å². The first-order valence-electron chi connectivity index (χ1n) is 6.85. The summed E-state index contributed by atoms with van der Waals surface area (Å²) >= 11 is 0. The molecule has 2 atom stereocenters. The van der Waals surface area contributed by atoms with E-state index in [0.717, 1.165) is 24.8 Å². The Balaban J connectivity index is 1.98. The summed E-state index contributed by atoms with van der Waals surface area (Å²) in [6.07, 6.45) is 5.88. The standard InChI is InChI=1S/C15H24N2/c1-4-16-15(12(3)13-6-7-13)9-14-8-5-11(2)10-17-14/h5,8,10,12-13,15-16H,4,6-7,9H2,1-3H3. The van der Waals surface area contributed by atoms with E-state index in [9.17, 15) is 0 Å².